The summed E-state index contributed by atoms with van der Waals surface area (Å²) in [5.41, 5.74) is 1.74. The van der Waals surface area contributed by atoms with E-state index in [1.807, 2.05) is 6.07 Å². The van der Waals surface area contributed by atoms with E-state index in [1.54, 1.807) is 24.3 Å². The number of hydrogen-bond donors (Lipinski definition) is 1. The fourth-order valence-corrected chi connectivity index (χ4v) is 1.83. The van der Waals surface area contributed by atoms with E-state index in [4.69, 9.17) is 28.5 Å². The zero-order valence-electron chi connectivity index (χ0n) is 9.05. The number of nitrogens with zero attached hydrogens (tertiary/aromatic N) is 1. The van der Waals surface area contributed by atoms with Gasteiger partial charge in [0.1, 0.15) is 11.9 Å². The van der Waals surface area contributed by atoms with Crippen LogP contribution in [0.1, 0.15) is 5.56 Å². The predicted molar refractivity (Wildman–Crippen MR) is 70.9 cm³/mol. The smallest absolute Gasteiger partial charge is 0.141 e. The lowest BCUT2D eigenvalue weighted by Crippen LogP contribution is -1.91. The Morgan fingerprint density at radius 2 is 1.61 bits per heavy atom. The van der Waals surface area contributed by atoms with Crippen LogP contribution in [0.3, 0.4) is 0 Å². The monoisotopic (exact) mass is 280 g/mol. The summed E-state index contributed by atoms with van der Waals surface area (Å²) in [5, 5.41) is 12.2. The van der Waals surface area contributed by atoms with E-state index in [1.165, 1.54) is 12.1 Å². The topological polar surface area (TPSA) is 35.8 Å². The number of benzene rings is 2. The van der Waals surface area contributed by atoms with Gasteiger partial charge in [0.25, 0.3) is 0 Å². The Balaban J connectivity index is 2.26. The van der Waals surface area contributed by atoms with Crippen molar-refractivity contribution < 1.29 is 4.39 Å². The first-order valence-electron chi connectivity index (χ1n) is 5.02. The van der Waals surface area contributed by atoms with Crippen molar-refractivity contribution in [1.82, 2.24) is 0 Å². The molecule has 0 bridgehead atoms. The summed E-state index contributed by atoms with van der Waals surface area (Å²) >= 11 is 11.6. The summed E-state index contributed by atoms with van der Waals surface area (Å²) in [6.45, 7) is 0. The average Bonchev–Trinajstić information content (AvgIpc) is 2.34. The molecule has 0 aliphatic carbocycles. The number of anilines is 2. The van der Waals surface area contributed by atoms with Crippen LogP contribution < -0.4 is 5.32 Å². The Morgan fingerprint density at radius 1 is 1.00 bits per heavy atom. The molecule has 2 rings (SSSR count). The van der Waals surface area contributed by atoms with Crippen LogP contribution in [-0.2, 0) is 0 Å². The quantitative estimate of drug-likeness (QED) is 0.862. The molecule has 0 amide bonds. The van der Waals surface area contributed by atoms with E-state index >= 15 is 0 Å². The van der Waals surface area contributed by atoms with Gasteiger partial charge in [0.2, 0.25) is 0 Å². The van der Waals surface area contributed by atoms with Crippen molar-refractivity contribution in [2.75, 3.05) is 5.32 Å². The zero-order valence-corrected chi connectivity index (χ0v) is 10.6. The summed E-state index contributed by atoms with van der Waals surface area (Å²) in [5.74, 6) is -0.472. The van der Waals surface area contributed by atoms with Crippen molar-refractivity contribution in [2.45, 2.75) is 0 Å². The minimum atomic E-state index is -0.472. The molecule has 90 valence electrons. The van der Waals surface area contributed by atoms with Crippen molar-refractivity contribution in [3.63, 3.8) is 0 Å². The molecule has 0 radical (unpaired) electrons. The van der Waals surface area contributed by atoms with Crippen LogP contribution >= 0.6 is 23.2 Å². The number of rotatable bonds is 2. The fraction of sp³-hybridized carbons (Fsp3) is 0. The molecular formula is C13H7Cl2FN2. The van der Waals surface area contributed by atoms with E-state index in [2.05, 4.69) is 5.32 Å². The lowest BCUT2D eigenvalue weighted by molar-refractivity contribution is 0.628. The molecule has 0 aliphatic rings. The molecule has 1 N–H and O–H groups in total. The molecule has 2 aromatic rings. The maximum atomic E-state index is 13.0. The van der Waals surface area contributed by atoms with Crippen LogP contribution in [-0.4, -0.2) is 0 Å². The van der Waals surface area contributed by atoms with Gasteiger partial charge in [-0.15, -0.1) is 0 Å². The first-order chi connectivity index (χ1) is 8.60. The maximum absolute atomic E-state index is 13.0. The standard InChI is InChI=1S/C13H7Cl2FN2/c14-11-5-9(2-1-8(11)7-17)18-10-3-4-13(16)12(15)6-10/h1-6,18H. The summed E-state index contributed by atoms with van der Waals surface area (Å²) in [7, 11) is 0. The Kier molecular flexibility index (Phi) is 3.71. The molecule has 0 unspecified atom stereocenters. The first kappa shape index (κ1) is 12.7. The van der Waals surface area contributed by atoms with Gasteiger partial charge in [0, 0.05) is 11.4 Å². The van der Waals surface area contributed by atoms with Crippen LogP contribution in [0.2, 0.25) is 10.0 Å². The minimum Gasteiger partial charge on any atom is -0.355 e. The molecule has 0 atom stereocenters. The van der Waals surface area contributed by atoms with Crippen molar-refractivity contribution >= 4 is 34.6 Å². The molecule has 0 saturated heterocycles. The van der Waals surface area contributed by atoms with E-state index < -0.39 is 5.82 Å². The highest BCUT2D eigenvalue weighted by Crippen LogP contribution is 2.25. The van der Waals surface area contributed by atoms with Gasteiger partial charge >= 0.3 is 0 Å². The molecule has 0 fully saturated rings. The maximum Gasteiger partial charge on any atom is 0.141 e. The van der Waals surface area contributed by atoms with E-state index in [0.29, 0.717) is 22.0 Å². The molecule has 0 aromatic heterocycles. The van der Waals surface area contributed by atoms with Gasteiger partial charge in [0.05, 0.1) is 15.6 Å². The second kappa shape index (κ2) is 5.26. The van der Waals surface area contributed by atoms with Crippen molar-refractivity contribution in [2.24, 2.45) is 0 Å². The molecule has 0 spiro atoms. The highest BCUT2D eigenvalue weighted by molar-refractivity contribution is 6.32. The summed E-state index contributed by atoms with van der Waals surface area (Å²) in [4.78, 5) is 0. The van der Waals surface area contributed by atoms with Crippen LogP contribution in [0.25, 0.3) is 0 Å². The minimum absolute atomic E-state index is 0.0414. The fourth-order valence-electron chi connectivity index (χ4n) is 1.42. The Bertz CT molecular complexity index is 635. The molecule has 18 heavy (non-hydrogen) atoms. The molecule has 5 heteroatoms. The molecule has 0 saturated carbocycles. The van der Waals surface area contributed by atoms with Gasteiger partial charge < -0.3 is 5.32 Å². The first-order valence-corrected chi connectivity index (χ1v) is 5.77. The third-order valence-electron chi connectivity index (χ3n) is 2.30. The Labute approximate surface area is 114 Å². The highest BCUT2D eigenvalue weighted by atomic mass is 35.5. The van der Waals surface area contributed by atoms with Gasteiger partial charge in [-0.1, -0.05) is 23.2 Å². The van der Waals surface area contributed by atoms with Crippen LogP contribution in [0.15, 0.2) is 36.4 Å². The predicted octanol–water partition coefficient (Wildman–Crippen LogP) is 4.75. The van der Waals surface area contributed by atoms with Crippen LogP contribution in [0.4, 0.5) is 15.8 Å². The van der Waals surface area contributed by atoms with Gasteiger partial charge in [0.15, 0.2) is 0 Å². The number of hydrogen-bond acceptors (Lipinski definition) is 2. The molecule has 2 aromatic carbocycles. The second-order valence-electron chi connectivity index (χ2n) is 3.56. The van der Waals surface area contributed by atoms with E-state index in [0.717, 1.165) is 0 Å². The van der Waals surface area contributed by atoms with E-state index in [-0.39, 0.29) is 5.02 Å². The third kappa shape index (κ3) is 2.73. The summed E-state index contributed by atoms with van der Waals surface area (Å²) in [6.07, 6.45) is 0. The lowest BCUT2D eigenvalue weighted by Gasteiger charge is -2.08. The molecular weight excluding hydrogens is 274 g/mol. The molecule has 0 heterocycles. The van der Waals surface area contributed by atoms with Gasteiger partial charge in [-0.25, -0.2) is 4.39 Å². The summed E-state index contributed by atoms with van der Waals surface area (Å²) in [6, 6.07) is 11.2. The van der Waals surface area contributed by atoms with Gasteiger partial charge in [-0.2, -0.15) is 5.26 Å². The Morgan fingerprint density at radius 3 is 2.17 bits per heavy atom. The van der Waals surface area contributed by atoms with Crippen LogP contribution in [0.5, 0.6) is 0 Å². The zero-order chi connectivity index (χ0) is 13.1. The third-order valence-corrected chi connectivity index (χ3v) is 2.90. The van der Waals surface area contributed by atoms with Crippen molar-refractivity contribution in [3.05, 3.63) is 57.8 Å². The molecule has 0 aliphatic heterocycles. The second-order valence-corrected chi connectivity index (χ2v) is 4.37. The highest BCUT2D eigenvalue weighted by Gasteiger charge is 2.03. The normalized spacial score (nSPS) is 9.89. The summed E-state index contributed by atoms with van der Waals surface area (Å²) < 4.78 is 13.0. The Hall–Kier alpha value is -1.76. The largest absolute Gasteiger partial charge is 0.355 e. The average molecular weight is 281 g/mol. The number of halogens is 3. The van der Waals surface area contributed by atoms with Crippen LogP contribution in [0, 0.1) is 17.1 Å². The SMILES string of the molecule is N#Cc1ccc(Nc2ccc(F)c(Cl)c2)cc1Cl. The lowest BCUT2D eigenvalue weighted by atomic mass is 10.2. The van der Waals surface area contributed by atoms with Crippen molar-refractivity contribution in [3.8, 4) is 6.07 Å². The number of nitriles is 1. The van der Waals surface area contributed by atoms with E-state index in [9.17, 15) is 4.39 Å². The van der Waals surface area contributed by atoms with Gasteiger partial charge in [-0.05, 0) is 36.4 Å². The van der Waals surface area contributed by atoms with Gasteiger partial charge in [-0.3, -0.25) is 0 Å². The number of nitrogens with one attached hydrogen (secondary N) is 1. The molecule has 2 nitrogen and oxygen atoms in total. The van der Waals surface area contributed by atoms with Crippen molar-refractivity contribution in [1.29, 1.82) is 5.26 Å².